The molecule has 0 saturated carbocycles. The van der Waals surface area contributed by atoms with E-state index in [2.05, 4.69) is 17.1 Å². The molecule has 4 rings (SSSR count). The van der Waals surface area contributed by atoms with Gasteiger partial charge in [-0.2, -0.15) is 0 Å². The summed E-state index contributed by atoms with van der Waals surface area (Å²) in [6, 6.07) is 17.0. The number of hydrogen-bond donors (Lipinski definition) is 1. The lowest BCUT2D eigenvalue weighted by Crippen LogP contribution is -2.57. The summed E-state index contributed by atoms with van der Waals surface area (Å²) in [4.78, 5) is 45.0. The molecule has 3 amide bonds. The number of methoxy groups -OCH3 is 1. The van der Waals surface area contributed by atoms with Crippen molar-refractivity contribution in [2.24, 2.45) is 0 Å². The van der Waals surface area contributed by atoms with E-state index in [0.29, 0.717) is 50.5 Å². The van der Waals surface area contributed by atoms with Crippen LogP contribution in [-0.4, -0.2) is 73.0 Å². The molecule has 2 aliphatic heterocycles. The van der Waals surface area contributed by atoms with Gasteiger partial charge in [-0.3, -0.25) is 14.4 Å². The molecule has 2 aromatic carbocycles. The molecule has 2 aromatic rings. The Hall–Kier alpha value is -3.55. The number of benzene rings is 2. The number of anilines is 1. The smallest absolute Gasteiger partial charge is 0.253 e. The summed E-state index contributed by atoms with van der Waals surface area (Å²) >= 11 is 0. The van der Waals surface area contributed by atoms with Crippen molar-refractivity contribution in [2.75, 3.05) is 44.9 Å². The third-order valence-electron chi connectivity index (χ3n) is 6.96. The number of rotatable bonds is 8. The molecular weight excluding hydrogens is 444 g/mol. The van der Waals surface area contributed by atoms with Crippen LogP contribution in [0.2, 0.25) is 0 Å². The van der Waals surface area contributed by atoms with Crippen LogP contribution in [0, 0.1) is 0 Å². The highest BCUT2D eigenvalue weighted by atomic mass is 16.5. The number of hydrogen-bond acceptors (Lipinski definition) is 5. The molecule has 0 unspecified atom stereocenters. The highest BCUT2D eigenvalue weighted by Gasteiger charge is 2.54. The van der Waals surface area contributed by atoms with Crippen LogP contribution >= 0.6 is 0 Å². The molecular formula is C27H34N4O4. The third-order valence-corrected chi connectivity index (χ3v) is 6.96. The van der Waals surface area contributed by atoms with Crippen LogP contribution in [0.4, 0.5) is 5.69 Å². The van der Waals surface area contributed by atoms with Crippen LogP contribution in [0.3, 0.4) is 0 Å². The first kappa shape index (κ1) is 24.6. The number of nitrogens with zero attached hydrogens (tertiary/aromatic N) is 3. The molecule has 0 atom stereocenters. The lowest BCUT2D eigenvalue weighted by atomic mass is 9.85. The molecule has 0 bridgehead atoms. The average molecular weight is 479 g/mol. The van der Waals surface area contributed by atoms with E-state index in [4.69, 9.17) is 4.74 Å². The zero-order valence-corrected chi connectivity index (χ0v) is 20.5. The maximum absolute atomic E-state index is 13.7. The summed E-state index contributed by atoms with van der Waals surface area (Å²) in [7, 11) is 1.58. The normalized spacial score (nSPS) is 17.1. The van der Waals surface area contributed by atoms with Gasteiger partial charge in [0.1, 0.15) is 17.8 Å². The quantitative estimate of drug-likeness (QED) is 0.590. The third kappa shape index (κ3) is 5.11. The highest BCUT2D eigenvalue weighted by molar-refractivity contribution is 5.97. The number of carbonyl (C=O) groups excluding carboxylic acids is 3. The summed E-state index contributed by atoms with van der Waals surface area (Å²) in [5, 5.41) is 2.91. The number of unbranched alkanes of at least 4 members (excludes halogenated alkanes) is 1. The molecule has 2 heterocycles. The van der Waals surface area contributed by atoms with Crippen molar-refractivity contribution in [3.8, 4) is 5.75 Å². The van der Waals surface area contributed by atoms with E-state index in [0.717, 1.165) is 18.5 Å². The van der Waals surface area contributed by atoms with Crippen LogP contribution in [-0.2, 0) is 9.59 Å². The summed E-state index contributed by atoms with van der Waals surface area (Å²) in [6.07, 6.45) is 2.92. The zero-order valence-electron chi connectivity index (χ0n) is 20.5. The monoisotopic (exact) mass is 478 g/mol. The largest absolute Gasteiger partial charge is 0.497 e. The molecule has 1 N–H and O–H groups in total. The minimum Gasteiger partial charge on any atom is -0.497 e. The zero-order chi connectivity index (χ0) is 24.8. The topological polar surface area (TPSA) is 82.2 Å². The van der Waals surface area contributed by atoms with E-state index >= 15 is 0 Å². The van der Waals surface area contributed by atoms with E-state index in [1.807, 2.05) is 36.4 Å². The van der Waals surface area contributed by atoms with Crippen molar-refractivity contribution in [3.05, 3.63) is 60.2 Å². The van der Waals surface area contributed by atoms with Crippen molar-refractivity contribution in [3.63, 3.8) is 0 Å². The minimum absolute atomic E-state index is 0.0412. The second kappa shape index (κ2) is 10.8. The van der Waals surface area contributed by atoms with E-state index in [1.165, 1.54) is 0 Å². The fourth-order valence-corrected chi connectivity index (χ4v) is 4.97. The Kier molecular flexibility index (Phi) is 7.58. The fourth-order valence-electron chi connectivity index (χ4n) is 4.97. The molecule has 2 aliphatic rings. The van der Waals surface area contributed by atoms with Gasteiger partial charge in [-0.1, -0.05) is 37.6 Å². The fraction of sp³-hybridized carbons (Fsp3) is 0.444. The van der Waals surface area contributed by atoms with Gasteiger partial charge in [0.05, 0.1) is 13.8 Å². The number of ether oxygens (including phenoxy) is 1. The number of nitrogens with one attached hydrogen (secondary N) is 1. The molecule has 0 aliphatic carbocycles. The summed E-state index contributed by atoms with van der Waals surface area (Å²) in [5.41, 5.74) is 0.751. The van der Waals surface area contributed by atoms with E-state index in [9.17, 15) is 14.4 Å². The van der Waals surface area contributed by atoms with Crippen LogP contribution in [0.25, 0.3) is 0 Å². The van der Waals surface area contributed by atoms with Gasteiger partial charge in [-0.25, -0.2) is 0 Å². The maximum Gasteiger partial charge on any atom is 0.253 e. The summed E-state index contributed by atoms with van der Waals surface area (Å²) in [5.74, 6) is 0.393. The van der Waals surface area contributed by atoms with E-state index in [-0.39, 0.29) is 24.3 Å². The lowest BCUT2D eigenvalue weighted by Gasteiger charge is -2.43. The van der Waals surface area contributed by atoms with Crippen molar-refractivity contribution >= 4 is 23.4 Å². The molecule has 0 aromatic heterocycles. The SMILES string of the molecule is CCCCNC(=O)CN1CN(c2ccccc2)C2(CCN(C(=O)c3cccc(OC)c3)CC2)C1=O. The molecule has 35 heavy (non-hydrogen) atoms. The Balaban J connectivity index is 1.51. The Bertz CT molecular complexity index is 1050. The van der Waals surface area contributed by atoms with Gasteiger partial charge in [-0.05, 0) is 49.6 Å². The van der Waals surface area contributed by atoms with Gasteiger partial charge in [0.15, 0.2) is 0 Å². The Morgan fingerprint density at radius 2 is 1.80 bits per heavy atom. The van der Waals surface area contributed by atoms with Gasteiger partial charge in [0, 0.05) is 30.9 Å². The molecule has 2 fully saturated rings. The molecule has 8 nitrogen and oxygen atoms in total. The van der Waals surface area contributed by atoms with Crippen molar-refractivity contribution in [1.82, 2.24) is 15.1 Å². The first-order valence-electron chi connectivity index (χ1n) is 12.3. The van der Waals surface area contributed by atoms with Gasteiger partial charge in [0.25, 0.3) is 11.8 Å². The number of likely N-dealkylation sites (tertiary alicyclic amines) is 1. The van der Waals surface area contributed by atoms with Crippen molar-refractivity contribution < 1.29 is 19.1 Å². The molecule has 0 radical (unpaired) electrons. The standard InChI is InChI=1S/C27H34N4O4/c1-3-4-15-28-24(32)19-30-20-31(22-10-6-5-7-11-22)27(26(30)34)13-16-29(17-14-27)25(33)21-9-8-12-23(18-21)35-2/h5-12,18H,3-4,13-17,19-20H2,1-2H3,(H,28,32). The van der Waals surface area contributed by atoms with Crippen LogP contribution in [0.1, 0.15) is 43.0 Å². The van der Waals surface area contributed by atoms with Gasteiger partial charge in [0.2, 0.25) is 5.91 Å². The van der Waals surface area contributed by atoms with Gasteiger partial charge in [-0.15, -0.1) is 0 Å². The molecule has 1 spiro atoms. The Morgan fingerprint density at radius 3 is 2.49 bits per heavy atom. The van der Waals surface area contributed by atoms with Crippen LogP contribution in [0.15, 0.2) is 54.6 Å². The predicted octanol–water partition coefficient (Wildman–Crippen LogP) is 2.89. The number of carbonyl (C=O) groups is 3. The first-order chi connectivity index (χ1) is 17.0. The second-order valence-corrected chi connectivity index (χ2v) is 9.17. The lowest BCUT2D eigenvalue weighted by molar-refractivity contribution is -0.137. The number of para-hydroxylation sites is 1. The first-order valence-corrected chi connectivity index (χ1v) is 12.3. The summed E-state index contributed by atoms with van der Waals surface area (Å²) < 4.78 is 5.26. The minimum atomic E-state index is -0.768. The van der Waals surface area contributed by atoms with Crippen LogP contribution in [0.5, 0.6) is 5.75 Å². The predicted molar refractivity (Wildman–Crippen MR) is 134 cm³/mol. The summed E-state index contributed by atoms with van der Waals surface area (Å²) in [6.45, 7) is 4.01. The van der Waals surface area contributed by atoms with Crippen molar-refractivity contribution in [1.29, 1.82) is 0 Å². The van der Waals surface area contributed by atoms with E-state index in [1.54, 1.807) is 35.1 Å². The Labute approximate surface area is 206 Å². The number of amides is 3. The molecule has 8 heteroatoms. The second-order valence-electron chi connectivity index (χ2n) is 9.17. The average Bonchev–Trinajstić information content (AvgIpc) is 3.15. The van der Waals surface area contributed by atoms with Gasteiger partial charge >= 0.3 is 0 Å². The molecule has 2 saturated heterocycles. The highest BCUT2D eigenvalue weighted by Crippen LogP contribution is 2.39. The van der Waals surface area contributed by atoms with Crippen molar-refractivity contribution in [2.45, 2.75) is 38.1 Å². The Morgan fingerprint density at radius 1 is 1.06 bits per heavy atom. The molecule has 186 valence electrons. The number of piperidine rings is 1. The van der Waals surface area contributed by atoms with Crippen LogP contribution < -0.4 is 15.0 Å². The van der Waals surface area contributed by atoms with Gasteiger partial charge < -0.3 is 24.8 Å². The van der Waals surface area contributed by atoms with E-state index < -0.39 is 5.54 Å². The maximum atomic E-state index is 13.7.